The highest BCUT2D eigenvalue weighted by atomic mass is 32.2. The van der Waals surface area contributed by atoms with Crippen molar-refractivity contribution in [3.8, 4) is 0 Å². The van der Waals surface area contributed by atoms with Crippen LogP contribution in [0, 0.1) is 13.8 Å². The van der Waals surface area contributed by atoms with E-state index in [1.807, 2.05) is 46.9 Å². The van der Waals surface area contributed by atoms with E-state index >= 15 is 0 Å². The number of furan rings is 1. The maximum Gasteiger partial charge on any atom is 0.282 e. The summed E-state index contributed by atoms with van der Waals surface area (Å²) in [4.78, 5) is 13.9. The lowest BCUT2D eigenvalue weighted by Gasteiger charge is -2.22. The van der Waals surface area contributed by atoms with Crippen molar-refractivity contribution in [3.63, 3.8) is 0 Å². The number of sulfonamides is 1. The minimum Gasteiger partial charge on any atom is -0.460 e. The Hall–Kier alpha value is -2.16. The van der Waals surface area contributed by atoms with Gasteiger partial charge in [-0.1, -0.05) is 19.9 Å². The number of quaternary nitrogens is 1. The van der Waals surface area contributed by atoms with E-state index in [-0.39, 0.29) is 16.8 Å². The second-order valence-corrected chi connectivity index (χ2v) is 9.22. The number of likely N-dealkylation sites (N-methyl/N-ethyl adjacent to an activating group) is 1. The Morgan fingerprint density at radius 3 is 2.38 bits per heavy atom. The lowest BCUT2D eigenvalue weighted by atomic mass is 10.2. The Labute approximate surface area is 173 Å². The number of carbonyl (C=O) groups excluding carboxylic acids is 1. The average molecular weight is 423 g/mol. The Morgan fingerprint density at radius 2 is 1.83 bits per heavy atom. The number of nitrogens with one attached hydrogen (secondary N) is 2. The van der Waals surface area contributed by atoms with E-state index in [0.717, 1.165) is 16.4 Å². The van der Waals surface area contributed by atoms with E-state index < -0.39 is 10.0 Å². The van der Waals surface area contributed by atoms with E-state index in [0.29, 0.717) is 30.9 Å². The summed E-state index contributed by atoms with van der Waals surface area (Å²) < 4.78 is 32.8. The minimum atomic E-state index is -3.60. The molecule has 2 atom stereocenters. The molecule has 0 saturated heterocycles. The van der Waals surface area contributed by atoms with Crippen molar-refractivity contribution in [3.05, 3.63) is 47.4 Å². The SMILES string of the molecule is CCN(CC)S(=O)(=O)c1cc(NC(=O)[C@H](C)[NH+](C)Cc2ccc(C)o2)ccc1C. The molecular formula is C21H32N3O4S+. The van der Waals surface area contributed by atoms with Crippen molar-refractivity contribution in [1.29, 1.82) is 0 Å². The van der Waals surface area contributed by atoms with Gasteiger partial charge in [-0.3, -0.25) is 4.79 Å². The Balaban J connectivity index is 2.16. The highest BCUT2D eigenvalue weighted by Gasteiger charge is 2.26. The first-order valence-corrected chi connectivity index (χ1v) is 11.3. The highest BCUT2D eigenvalue weighted by molar-refractivity contribution is 7.89. The van der Waals surface area contributed by atoms with Crippen LogP contribution in [0.5, 0.6) is 0 Å². The first-order chi connectivity index (χ1) is 13.6. The maximum absolute atomic E-state index is 12.9. The normalized spacial score (nSPS) is 14.0. The van der Waals surface area contributed by atoms with Gasteiger partial charge < -0.3 is 14.6 Å². The summed E-state index contributed by atoms with van der Waals surface area (Å²) in [6.45, 7) is 10.5. The summed E-state index contributed by atoms with van der Waals surface area (Å²) in [5.41, 5.74) is 1.12. The number of anilines is 1. The molecular weight excluding hydrogens is 390 g/mol. The van der Waals surface area contributed by atoms with Gasteiger partial charge in [-0.25, -0.2) is 8.42 Å². The zero-order valence-corrected chi connectivity index (χ0v) is 18.9. The van der Waals surface area contributed by atoms with Crippen molar-refractivity contribution < 1.29 is 22.5 Å². The molecule has 1 heterocycles. The largest absolute Gasteiger partial charge is 0.460 e. The summed E-state index contributed by atoms with van der Waals surface area (Å²) in [5, 5.41) is 2.85. The van der Waals surface area contributed by atoms with Crippen molar-refractivity contribution in [2.45, 2.75) is 52.1 Å². The second kappa shape index (κ2) is 9.56. The van der Waals surface area contributed by atoms with Crippen LogP contribution in [-0.2, 0) is 21.4 Å². The lowest BCUT2D eigenvalue weighted by molar-refractivity contribution is -0.908. The number of amides is 1. The van der Waals surface area contributed by atoms with Gasteiger partial charge in [0.25, 0.3) is 5.91 Å². The molecule has 0 spiro atoms. The molecule has 0 aliphatic rings. The predicted octanol–water partition coefficient (Wildman–Crippen LogP) is 1.97. The van der Waals surface area contributed by atoms with Gasteiger partial charge in [0.15, 0.2) is 11.8 Å². The Bertz CT molecular complexity index is 949. The van der Waals surface area contributed by atoms with Gasteiger partial charge in [0.05, 0.1) is 11.9 Å². The molecule has 8 heteroatoms. The van der Waals surface area contributed by atoms with Gasteiger partial charge in [-0.2, -0.15) is 4.31 Å². The molecule has 0 radical (unpaired) electrons. The monoisotopic (exact) mass is 422 g/mol. The van der Waals surface area contributed by atoms with E-state index in [1.165, 1.54) is 4.31 Å². The molecule has 29 heavy (non-hydrogen) atoms. The van der Waals surface area contributed by atoms with Crippen molar-refractivity contribution >= 4 is 21.6 Å². The summed E-state index contributed by atoms with van der Waals surface area (Å²) in [7, 11) is -1.68. The third-order valence-corrected chi connectivity index (χ3v) is 7.35. The van der Waals surface area contributed by atoms with Crippen molar-refractivity contribution in [2.24, 2.45) is 0 Å². The smallest absolute Gasteiger partial charge is 0.282 e. The van der Waals surface area contributed by atoms with Crippen LogP contribution in [-0.4, -0.2) is 44.8 Å². The molecule has 2 aromatic rings. The molecule has 1 aromatic carbocycles. The summed E-state index contributed by atoms with van der Waals surface area (Å²) in [6, 6.07) is 8.46. The van der Waals surface area contributed by atoms with E-state index in [1.54, 1.807) is 25.1 Å². The topological polar surface area (TPSA) is 84.1 Å². The number of nitrogens with zero attached hydrogens (tertiary/aromatic N) is 1. The van der Waals surface area contributed by atoms with Gasteiger partial charge in [0.2, 0.25) is 10.0 Å². The predicted molar refractivity (Wildman–Crippen MR) is 113 cm³/mol. The van der Waals surface area contributed by atoms with Crippen LogP contribution < -0.4 is 10.2 Å². The molecule has 0 bridgehead atoms. The first-order valence-electron chi connectivity index (χ1n) is 9.89. The minimum absolute atomic E-state index is 0.180. The quantitative estimate of drug-likeness (QED) is 0.647. The van der Waals surface area contributed by atoms with Gasteiger partial charge in [0, 0.05) is 18.8 Å². The van der Waals surface area contributed by atoms with Crippen LogP contribution in [0.15, 0.2) is 39.6 Å². The molecule has 1 aromatic heterocycles. The summed E-state index contributed by atoms with van der Waals surface area (Å²) >= 11 is 0. The second-order valence-electron chi connectivity index (χ2n) is 7.32. The number of rotatable bonds is 9. The highest BCUT2D eigenvalue weighted by Crippen LogP contribution is 2.23. The van der Waals surface area contributed by atoms with Gasteiger partial charge in [-0.05, 0) is 50.6 Å². The number of hydrogen-bond donors (Lipinski definition) is 2. The van der Waals surface area contributed by atoms with E-state index in [4.69, 9.17) is 4.42 Å². The van der Waals surface area contributed by atoms with E-state index in [9.17, 15) is 13.2 Å². The zero-order valence-electron chi connectivity index (χ0n) is 18.1. The molecule has 0 aliphatic carbocycles. The first kappa shape index (κ1) is 23.1. The molecule has 0 saturated carbocycles. The van der Waals surface area contributed by atoms with Gasteiger partial charge in [-0.15, -0.1) is 0 Å². The molecule has 7 nitrogen and oxygen atoms in total. The third kappa shape index (κ3) is 5.46. The van der Waals surface area contributed by atoms with Crippen LogP contribution in [0.25, 0.3) is 0 Å². The maximum atomic E-state index is 12.9. The van der Waals surface area contributed by atoms with Crippen LogP contribution in [0.3, 0.4) is 0 Å². The van der Waals surface area contributed by atoms with E-state index in [2.05, 4.69) is 5.32 Å². The number of carbonyl (C=O) groups is 1. The fraction of sp³-hybridized carbons (Fsp3) is 0.476. The van der Waals surface area contributed by atoms with Crippen LogP contribution >= 0.6 is 0 Å². The third-order valence-electron chi connectivity index (χ3n) is 5.16. The molecule has 160 valence electrons. The number of aryl methyl sites for hydroxylation is 2. The van der Waals surface area contributed by atoms with Crippen molar-refractivity contribution in [1.82, 2.24) is 4.31 Å². The molecule has 1 amide bonds. The fourth-order valence-corrected chi connectivity index (χ4v) is 4.85. The number of hydrogen-bond acceptors (Lipinski definition) is 4. The molecule has 2 rings (SSSR count). The van der Waals surface area contributed by atoms with Gasteiger partial charge in [0.1, 0.15) is 12.3 Å². The molecule has 0 fully saturated rings. The molecule has 0 aliphatic heterocycles. The summed E-state index contributed by atoms with van der Waals surface area (Å²) in [6.07, 6.45) is 0. The Kier molecular flexibility index (Phi) is 7.62. The lowest BCUT2D eigenvalue weighted by Crippen LogP contribution is -3.12. The molecule has 2 N–H and O–H groups in total. The fourth-order valence-electron chi connectivity index (χ4n) is 3.14. The Morgan fingerprint density at radius 1 is 1.17 bits per heavy atom. The number of benzene rings is 1. The summed E-state index contributed by atoms with van der Waals surface area (Å²) in [5.74, 6) is 1.48. The van der Waals surface area contributed by atoms with Crippen molar-refractivity contribution in [2.75, 3.05) is 25.5 Å². The van der Waals surface area contributed by atoms with Gasteiger partial charge >= 0.3 is 0 Å². The van der Waals surface area contributed by atoms with Crippen LogP contribution in [0.4, 0.5) is 5.69 Å². The molecule has 1 unspecified atom stereocenters. The van der Waals surface area contributed by atoms with Crippen LogP contribution in [0.1, 0.15) is 37.9 Å². The standard InChI is InChI=1S/C21H31N3O4S/c1-7-24(8-2)29(26,27)20-13-18(11-9-15(20)3)22-21(25)17(5)23(6)14-19-12-10-16(4)28-19/h9-13,17H,7-8,14H2,1-6H3,(H,22,25)/p+1/t17-/m0/s1. The zero-order chi connectivity index (χ0) is 21.8. The average Bonchev–Trinajstić information content (AvgIpc) is 3.07. The van der Waals surface area contributed by atoms with Crippen LogP contribution in [0.2, 0.25) is 0 Å².